The van der Waals surface area contributed by atoms with Gasteiger partial charge in [0, 0.05) is 22.7 Å². The SMILES string of the molecule is COc1cc(Cl)c2c(c1OC)[C@@H](N)CCC2C. The van der Waals surface area contributed by atoms with Crippen molar-refractivity contribution in [3.63, 3.8) is 0 Å². The highest BCUT2D eigenvalue weighted by atomic mass is 35.5. The van der Waals surface area contributed by atoms with Crippen LogP contribution in [0.25, 0.3) is 0 Å². The third kappa shape index (κ3) is 1.98. The van der Waals surface area contributed by atoms with Crippen LogP contribution in [0.2, 0.25) is 5.02 Å². The third-order valence-electron chi connectivity index (χ3n) is 3.47. The van der Waals surface area contributed by atoms with Crippen molar-refractivity contribution >= 4 is 11.6 Å². The van der Waals surface area contributed by atoms with Gasteiger partial charge in [-0.25, -0.2) is 0 Å². The first kappa shape index (κ1) is 12.5. The van der Waals surface area contributed by atoms with Crippen molar-refractivity contribution in [3.8, 4) is 11.5 Å². The summed E-state index contributed by atoms with van der Waals surface area (Å²) in [6, 6.07) is 1.79. The van der Waals surface area contributed by atoms with Crippen molar-refractivity contribution in [2.24, 2.45) is 5.73 Å². The van der Waals surface area contributed by atoms with Gasteiger partial charge in [-0.15, -0.1) is 0 Å². The van der Waals surface area contributed by atoms with Crippen molar-refractivity contribution in [2.75, 3.05) is 14.2 Å². The third-order valence-corrected chi connectivity index (χ3v) is 3.78. The molecule has 0 aromatic heterocycles. The Balaban J connectivity index is 2.70. The number of hydrogen-bond donors (Lipinski definition) is 1. The summed E-state index contributed by atoms with van der Waals surface area (Å²) in [6.07, 6.45) is 2.01. The lowest BCUT2D eigenvalue weighted by Gasteiger charge is -2.30. The Morgan fingerprint density at radius 3 is 2.53 bits per heavy atom. The van der Waals surface area contributed by atoms with E-state index in [9.17, 15) is 0 Å². The van der Waals surface area contributed by atoms with Crippen LogP contribution in [0.1, 0.15) is 42.9 Å². The van der Waals surface area contributed by atoms with E-state index in [0.717, 1.165) is 34.7 Å². The van der Waals surface area contributed by atoms with Gasteiger partial charge in [-0.05, 0) is 24.3 Å². The summed E-state index contributed by atoms with van der Waals surface area (Å²) in [5.41, 5.74) is 8.31. The molecular formula is C13H18ClNO2. The number of ether oxygens (including phenoxy) is 2. The van der Waals surface area contributed by atoms with Crippen molar-refractivity contribution in [1.29, 1.82) is 0 Å². The summed E-state index contributed by atoms with van der Waals surface area (Å²) in [5.74, 6) is 1.80. The number of hydrogen-bond acceptors (Lipinski definition) is 3. The standard InChI is InChI=1S/C13H18ClNO2/c1-7-4-5-9(15)12-11(7)8(14)6-10(16-2)13(12)17-3/h6-7,9H,4-5,15H2,1-3H3/t7?,9-/m0/s1. The first-order chi connectivity index (χ1) is 8.10. The summed E-state index contributed by atoms with van der Waals surface area (Å²) >= 11 is 6.32. The molecule has 1 aromatic rings. The van der Waals surface area contributed by atoms with Gasteiger partial charge in [-0.3, -0.25) is 0 Å². The van der Waals surface area contributed by atoms with E-state index in [1.165, 1.54) is 0 Å². The zero-order valence-electron chi connectivity index (χ0n) is 10.4. The molecule has 0 saturated carbocycles. The molecule has 0 saturated heterocycles. The van der Waals surface area contributed by atoms with Crippen LogP contribution in [0.5, 0.6) is 11.5 Å². The molecule has 0 spiro atoms. The molecule has 0 radical (unpaired) electrons. The number of fused-ring (bicyclic) bond motifs is 1. The Bertz CT molecular complexity index is 434. The van der Waals surface area contributed by atoms with E-state index in [2.05, 4.69) is 6.92 Å². The van der Waals surface area contributed by atoms with Crippen LogP contribution in [0, 0.1) is 0 Å². The lowest BCUT2D eigenvalue weighted by Crippen LogP contribution is -2.21. The number of methoxy groups -OCH3 is 2. The number of rotatable bonds is 2. The van der Waals surface area contributed by atoms with Crippen molar-refractivity contribution in [3.05, 3.63) is 22.2 Å². The molecule has 0 aliphatic heterocycles. The van der Waals surface area contributed by atoms with Gasteiger partial charge in [-0.1, -0.05) is 18.5 Å². The maximum Gasteiger partial charge on any atom is 0.165 e. The summed E-state index contributed by atoms with van der Waals surface area (Å²) in [6.45, 7) is 2.17. The summed E-state index contributed by atoms with van der Waals surface area (Å²) < 4.78 is 10.7. The Morgan fingerprint density at radius 1 is 1.24 bits per heavy atom. The summed E-state index contributed by atoms with van der Waals surface area (Å²) in [7, 11) is 3.25. The highest BCUT2D eigenvalue weighted by Gasteiger charge is 2.30. The second kappa shape index (κ2) is 4.75. The Labute approximate surface area is 107 Å². The van der Waals surface area contributed by atoms with Crippen molar-refractivity contribution < 1.29 is 9.47 Å². The van der Waals surface area contributed by atoms with Crippen LogP contribution in [-0.2, 0) is 0 Å². The topological polar surface area (TPSA) is 44.5 Å². The molecule has 1 aliphatic carbocycles. The molecule has 2 N–H and O–H groups in total. The predicted octanol–water partition coefficient (Wildman–Crippen LogP) is 3.25. The average molecular weight is 256 g/mol. The van der Waals surface area contributed by atoms with Crippen molar-refractivity contribution in [2.45, 2.75) is 31.7 Å². The molecule has 94 valence electrons. The minimum absolute atomic E-state index is 0.0243. The Morgan fingerprint density at radius 2 is 1.94 bits per heavy atom. The van der Waals surface area contributed by atoms with Gasteiger partial charge in [0.25, 0.3) is 0 Å². The first-order valence-electron chi connectivity index (χ1n) is 5.80. The fourth-order valence-corrected chi connectivity index (χ4v) is 2.98. The van der Waals surface area contributed by atoms with E-state index in [-0.39, 0.29) is 6.04 Å². The van der Waals surface area contributed by atoms with Crippen LogP contribution < -0.4 is 15.2 Å². The first-order valence-corrected chi connectivity index (χ1v) is 6.17. The van der Waals surface area contributed by atoms with Gasteiger partial charge in [0.1, 0.15) is 0 Å². The van der Waals surface area contributed by atoms with E-state index in [1.807, 2.05) is 6.07 Å². The van der Waals surface area contributed by atoms with E-state index >= 15 is 0 Å². The smallest absolute Gasteiger partial charge is 0.165 e. The number of nitrogens with two attached hydrogens (primary N) is 1. The van der Waals surface area contributed by atoms with Gasteiger partial charge in [0.05, 0.1) is 14.2 Å². The normalized spacial score (nSPS) is 23.1. The Hall–Kier alpha value is -0.930. The minimum atomic E-state index is -0.0243. The number of halogens is 1. The average Bonchev–Trinajstić information content (AvgIpc) is 2.32. The van der Waals surface area contributed by atoms with Crippen LogP contribution in [-0.4, -0.2) is 14.2 Å². The zero-order chi connectivity index (χ0) is 12.6. The monoisotopic (exact) mass is 255 g/mol. The zero-order valence-corrected chi connectivity index (χ0v) is 11.2. The highest BCUT2D eigenvalue weighted by molar-refractivity contribution is 6.31. The van der Waals surface area contributed by atoms with Crippen LogP contribution in [0.15, 0.2) is 6.07 Å². The Kier molecular flexibility index (Phi) is 3.50. The molecule has 3 nitrogen and oxygen atoms in total. The van der Waals surface area contributed by atoms with Gasteiger partial charge in [0.2, 0.25) is 0 Å². The second-order valence-corrected chi connectivity index (χ2v) is 4.91. The van der Waals surface area contributed by atoms with Gasteiger partial charge < -0.3 is 15.2 Å². The van der Waals surface area contributed by atoms with E-state index in [1.54, 1.807) is 14.2 Å². The molecule has 1 aliphatic rings. The maximum absolute atomic E-state index is 6.32. The highest BCUT2D eigenvalue weighted by Crippen LogP contribution is 2.48. The molecular weight excluding hydrogens is 238 g/mol. The fraction of sp³-hybridized carbons (Fsp3) is 0.538. The maximum atomic E-state index is 6.32. The van der Waals surface area contributed by atoms with Gasteiger partial charge in [0.15, 0.2) is 11.5 Å². The van der Waals surface area contributed by atoms with E-state index in [4.69, 9.17) is 26.8 Å². The van der Waals surface area contributed by atoms with Crippen molar-refractivity contribution in [1.82, 2.24) is 0 Å². The largest absolute Gasteiger partial charge is 0.493 e. The van der Waals surface area contributed by atoms with E-state index < -0.39 is 0 Å². The quantitative estimate of drug-likeness (QED) is 0.882. The number of benzene rings is 1. The van der Waals surface area contributed by atoms with Gasteiger partial charge >= 0.3 is 0 Å². The fourth-order valence-electron chi connectivity index (χ4n) is 2.59. The van der Waals surface area contributed by atoms with Crippen LogP contribution in [0.4, 0.5) is 0 Å². The minimum Gasteiger partial charge on any atom is -0.493 e. The molecule has 17 heavy (non-hydrogen) atoms. The van der Waals surface area contributed by atoms with Crippen LogP contribution in [0.3, 0.4) is 0 Å². The van der Waals surface area contributed by atoms with Gasteiger partial charge in [-0.2, -0.15) is 0 Å². The molecule has 0 heterocycles. The molecule has 1 unspecified atom stereocenters. The molecule has 0 fully saturated rings. The molecule has 0 amide bonds. The van der Waals surface area contributed by atoms with E-state index in [0.29, 0.717) is 11.7 Å². The molecule has 2 atom stereocenters. The summed E-state index contributed by atoms with van der Waals surface area (Å²) in [5, 5.41) is 0.723. The lowest BCUT2D eigenvalue weighted by atomic mass is 9.80. The summed E-state index contributed by atoms with van der Waals surface area (Å²) in [4.78, 5) is 0. The molecule has 2 rings (SSSR count). The second-order valence-electron chi connectivity index (χ2n) is 4.51. The molecule has 0 bridgehead atoms. The molecule has 4 heteroatoms. The lowest BCUT2D eigenvalue weighted by molar-refractivity contribution is 0.344. The predicted molar refractivity (Wildman–Crippen MR) is 69.1 cm³/mol. The van der Waals surface area contributed by atoms with Crippen LogP contribution >= 0.6 is 11.6 Å². The molecule has 1 aromatic carbocycles.